The van der Waals surface area contributed by atoms with E-state index >= 15 is 0 Å². The van der Waals surface area contributed by atoms with Crippen LogP contribution in [0.1, 0.15) is 20.1 Å². The van der Waals surface area contributed by atoms with Gasteiger partial charge in [0, 0.05) is 29.0 Å². The van der Waals surface area contributed by atoms with Gasteiger partial charge in [-0.1, -0.05) is 0 Å². The summed E-state index contributed by atoms with van der Waals surface area (Å²) in [5.74, 6) is 0.691. The van der Waals surface area contributed by atoms with E-state index in [0.29, 0.717) is 11.3 Å². The molecule has 0 saturated heterocycles. The number of rotatable bonds is 2. The number of thioether (sulfide) groups is 1. The van der Waals surface area contributed by atoms with Gasteiger partial charge in [0.25, 0.3) is 5.91 Å². The van der Waals surface area contributed by atoms with Crippen LogP contribution in [0.5, 0.6) is 0 Å². The van der Waals surface area contributed by atoms with E-state index in [4.69, 9.17) is 4.84 Å². The molecule has 2 heterocycles. The van der Waals surface area contributed by atoms with Crippen molar-refractivity contribution in [3.05, 3.63) is 21.1 Å². The molecule has 2 rings (SSSR count). The fourth-order valence-electron chi connectivity index (χ4n) is 1.36. The number of fused-ring (bicyclic) bond motifs is 1. The molecular formula is C9H10FNO2S2. The summed E-state index contributed by atoms with van der Waals surface area (Å²) in [5.41, 5.74) is 0.692. The van der Waals surface area contributed by atoms with E-state index in [-0.39, 0.29) is 10.7 Å². The third-order valence-corrected chi connectivity index (χ3v) is 4.62. The van der Waals surface area contributed by atoms with Crippen LogP contribution in [0.25, 0.3) is 0 Å². The summed E-state index contributed by atoms with van der Waals surface area (Å²) in [7, 11) is 2.86. The van der Waals surface area contributed by atoms with Crippen LogP contribution in [0.15, 0.2) is 0 Å². The van der Waals surface area contributed by atoms with Gasteiger partial charge >= 0.3 is 0 Å². The van der Waals surface area contributed by atoms with Crippen molar-refractivity contribution in [2.45, 2.75) is 11.5 Å². The number of hydrogen-bond acceptors (Lipinski definition) is 4. The van der Waals surface area contributed by atoms with E-state index < -0.39 is 5.91 Å². The maximum atomic E-state index is 13.8. The van der Waals surface area contributed by atoms with Gasteiger partial charge in [-0.15, -0.1) is 11.3 Å². The lowest BCUT2D eigenvalue weighted by Crippen LogP contribution is -2.25. The maximum absolute atomic E-state index is 13.8. The second kappa shape index (κ2) is 4.11. The summed E-state index contributed by atoms with van der Waals surface area (Å²) in [6, 6.07) is 0. The molecule has 0 spiro atoms. The molecule has 82 valence electrons. The molecule has 0 bridgehead atoms. The van der Waals surface area contributed by atoms with Crippen LogP contribution in [-0.4, -0.2) is 25.1 Å². The first kappa shape index (κ1) is 10.9. The van der Waals surface area contributed by atoms with E-state index in [2.05, 4.69) is 0 Å². The molecule has 1 aliphatic rings. The highest BCUT2D eigenvalue weighted by molar-refractivity contribution is 7.98. The molecule has 15 heavy (non-hydrogen) atoms. The summed E-state index contributed by atoms with van der Waals surface area (Å²) in [5, 5.41) is 1.04. The van der Waals surface area contributed by atoms with E-state index in [1.165, 1.54) is 25.5 Å². The first-order valence-corrected chi connectivity index (χ1v) is 6.32. The number of halogens is 1. The lowest BCUT2D eigenvalue weighted by atomic mass is 10.2. The highest BCUT2D eigenvalue weighted by Gasteiger charge is 2.27. The smallest absolute Gasteiger partial charge is 0.274 e. The van der Waals surface area contributed by atoms with Crippen molar-refractivity contribution in [1.29, 1.82) is 0 Å². The minimum atomic E-state index is -0.417. The average molecular weight is 247 g/mol. The number of carbonyl (C=O) groups excluding carboxylic acids is 1. The predicted octanol–water partition coefficient (Wildman–Crippen LogP) is 2.27. The average Bonchev–Trinajstić information content (AvgIpc) is 2.80. The van der Waals surface area contributed by atoms with E-state index in [1.807, 2.05) is 0 Å². The monoisotopic (exact) mass is 247 g/mol. The van der Waals surface area contributed by atoms with Crippen molar-refractivity contribution in [2.24, 2.45) is 0 Å². The Morgan fingerprint density at radius 1 is 1.53 bits per heavy atom. The standard InChI is InChI=1S/C9H10FNO2S2/c1-11(13-2)9(12)8-7(10)5-3-14-4-6(5)15-8/h3-4H2,1-2H3. The molecule has 0 N–H and O–H groups in total. The first-order chi connectivity index (χ1) is 7.15. The van der Waals surface area contributed by atoms with Gasteiger partial charge < -0.3 is 0 Å². The minimum Gasteiger partial charge on any atom is -0.274 e. The van der Waals surface area contributed by atoms with Crippen molar-refractivity contribution in [3.8, 4) is 0 Å². The molecular weight excluding hydrogens is 237 g/mol. The minimum absolute atomic E-state index is 0.157. The van der Waals surface area contributed by atoms with Crippen molar-refractivity contribution in [3.63, 3.8) is 0 Å². The largest absolute Gasteiger partial charge is 0.290 e. The van der Waals surface area contributed by atoms with E-state index in [0.717, 1.165) is 15.7 Å². The molecule has 0 aromatic carbocycles. The molecule has 3 nitrogen and oxygen atoms in total. The summed E-state index contributed by atoms with van der Waals surface area (Å²) in [4.78, 5) is 17.5. The molecule has 6 heteroatoms. The topological polar surface area (TPSA) is 29.5 Å². The van der Waals surface area contributed by atoms with Crippen molar-refractivity contribution >= 4 is 29.0 Å². The molecule has 1 aliphatic heterocycles. The molecule has 0 fully saturated rings. The van der Waals surface area contributed by atoms with Crippen molar-refractivity contribution in [1.82, 2.24) is 5.06 Å². The molecule has 0 saturated carbocycles. The van der Waals surface area contributed by atoms with Crippen molar-refractivity contribution in [2.75, 3.05) is 14.2 Å². The lowest BCUT2D eigenvalue weighted by Gasteiger charge is -2.12. The maximum Gasteiger partial charge on any atom is 0.290 e. The van der Waals surface area contributed by atoms with Gasteiger partial charge in [-0.3, -0.25) is 9.63 Å². The molecule has 1 amide bonds. The molecule has 0 unspecified atom stereocenters. The quantitative estimate of drug-likeness (QED) is 0.751. The summed E-state index contributed by atoms with van der Waals surface area (Å²) in [6.07, 6.45) is 0. The Labute approximate surface area is 95.2 Å². The number of thiophene rings is 1. The Morgan fingerprint density at radius 2 is 2.27 bits per heavy atom. The number of amides is 1. The Kier molecular flexibility index (Phi) is 2.99. The van der Waals surface area contributed by atoms with Gasteiger partial charge in [0.2, 0.25) is 0 Å². The van der Waals surface area contributed by atoms with Gasteiger partial charge in [0.05, 0.1) is 7.11 Å². The fourth-order valence-corrected chi connectivity index (χ4v) is 3.86. The van der Waals surface area contributed by atoms with E-state index in [1.54, 1.807) is 11.8 Å². The second-order valence-corrected chi connectivity index (χ2v) is 5.22. The normalized spacial score (nSPS) is 14.1. The molecule has 0 aliphatic carbocycles. The number of hydrogen-bond donors (Lipinski definition) is 0. The van der Waals surface area contributed by atoms with Crippen LogP contribution in [0.3, 0.4) is 0 Å². The van der Waals surface area contributed by atoms with Crippen LogP contribution in [0, 0.1) is 5.82 Å². The first-order valence-electron chi connectivity index (χ1n) is 4.35. The third kappa shape index (κ3) is 1.77. The Hall–Kier alpha value is -0.590. The van der Waals surface area contributed by atoms with Crippen LogP contribution < -0.4 is 0 Å². The zero-order valence-corrected chi connectivity index (χ0v) is 10.0. The lowest BCUT2D eigenvalue weighted by molar-refractivity contribution is -0.0756. The zero-order valence-electron chi connectivity index (χ0n) is 8.37. The number of nitrogens with zero attached hydrogens (tertiary/aromatic N) is 1. The number of hydroxylamine groups is 2. The summed E-state index contributed by atoms with van der Waals surface area (Å²) in [6.45, 7) is 0. The van der Waals surface area contributed by atoms with Crippen LogP contribution >= 0.6 is 23.1 Å². The van der Waals surface area contributed by atoms with Crippen LogP contribution in [-0.2, 0) is 16.3 Å². The molecule has 0 atom stereocenters. The van der Waals surface area contributed by atoms with Gasteiger partial charge in [0.15, 0.2) is 5.82 Å². The Balaban J connectivity index is 2.34. The summed E-state index contributed by atoms with van der Waals surface area (Å²) < 4.78 is 13.8. The van der Waals surface area contributed by atoms with Gasteiger partial charge in [0.1, 0.15) is 4.88 Å². The van der Waals surface area contributed by atoms with Crippen LogP contribution in [0.2, 0.25) is 0 Å². The zero-order chi connectivity index (χ0) is 11.0. The van der Waals surface area contributed by atoms with E-state index in [9.17, 15) is 9.18 Å². The van der Waals surface area contributed by atoms with Crippen LogP contribution in [0.4, 0.5) is 4.39 Å². The highest BCUT2D eigenvalue weighted by Crippen LogP contribution is 2.39. The predicted molar refractivity (Wildman–Crippen MR) is 58.4 cm³/mol. The van der Waals surface area contributed by atoms with Gasteiger partial charge in [-0.25, -0.2) is 9.45 Å². The van der Waals surface area contributed by atoms with Crippen molar-refractivity contribution < 1.29 is 14.0 Å². The number of carbonyl (C=O) groups is 1. The molecule has 1 aromatic rings. The summed E-state index contributed by atoms with van der Waals surface area (Å²) >= 11 is 2.91. The SMILES string of the molecule is CON(C)C(=O)c1sc2c(c1F)CSC2. The third-order valence-electron chi connectivity index (χ3n) is 2.26. The van der Waals surface area contributed by atoms with Gasteiger partial charge in [-0.05, 0) is 0 Å². The molecule has 0 radical (unpaired) electrons. The Morgan fingerprint density at radius 3 is 2.87 bits per heavy atom. The fraction of sp³-hybridized carbons (Fsp3) is 0.444. The highest BCUT2D eigenvalue weighted by atomic mass is 32.2. The Bertz CT molecular complexity index is 405. The molecule has 1 aromatic heterocycles. The second-order valence-electron chi connectivity index (χ2n) is 3.12. The van der Waals surface area contributed by atoms with Gasteiger partial charge in [-0.2, -0.15) is 11.8 Å².